The van der Waals surface area contributed by atoms with Crippen LogP contribution in [0.5, 0.6) is 0 Å². The first-order chi connectivity index (χ1) is 14.8. The van der Waals surface area contributed by atoms with Crippen LogP contribution in [0.4, 0.5) is 5.69 Å². The van der Waals surface area contributed by atoms with Crippen LogP contribution in [0.2, 0.25) is 0 Å². The van der Waals surface area contributed by atoms with Crippen LogP contribution in [0, 0.1) is 0 Å². The van der Waals surface area contributed by atoms with Crippen molar-refractivity contribution in [3.63, 3.8) is 0 Å². The van der Waals surface area contributed by atoms with E-state index in [1.807, 2.05) is 18.2 Å². The van der Waals surface area contributed by atoms with Crippen molar-refractivity contribution in [2.75, 3.05) is 38.5 Å². The molecule has 31 heavy (non-hydrogen) atoms. The van der Waals surface area contributed by atoms with Crippen LogP contribution >= 0.6 is 0 Å². The van der Waals surface area contributed by atoms with Crippen molar-refractivity contribution in [2.45, 2.75) is 13.1 Å². The maximum Gasteiger partial charge on any atom is 0.332 e. The molecule has 0 unspecified atom stereocenters. The van der Waals surface area contributed by atoms with Crippen molar-refractivity contribution < 1.29 is 4.79 Å². The van der Waals surface area contributed by atoms with Gasteiger partial charge in [-0.1, -0.05) is 12.1 Å². The van der Waals surface area contributed by atoms with E-state index in [0.29, 0.717) is 11.3 Å². The summed E-state index contributed by atoms with van der Waals surface area (Å²) in [5, 5.41) is 2.81. The van der Waals surface area contributed by atoms with Crippen LogP contribution in [0.25, 0.3) is 11.2 Å². The highest BCUT2D eigenvalue weighted by Crippen LogP contribution is 2.14. The smallest absolute Gasteiger partial charge is 0.328 e. The first-order valence-corrected chi connectivity index (χ1v) is 10.2. The molecule has 1 fully saturated rings. The van der Waals surface area contributed by atoms with Gasteiger partial charge in [0.25, 0.3) is 5.56 Å². The van der Waals surface area contributed by atoms with E-state index in [4.69, 9.17) is 0 Å². The van der Waals surface area contributed by atoms with Gasteiger partial charge in [-0.05, 0) is 24.7 Å². The van der Waals surface area contributed by atoms with Gasteiger partial charge in [0.15, 0.2) is 11.2 Å². The molecule has 1 amide bonds. The number of anilines is 1. The van der Waals surface area contributed by atoms with Crippen LogP contribution in [0.1, 0.15) is 5.56 Å². The number of rotatable bonds is 5. The normalized spacial score (nSPS) is 15.5. The quantitative estimate of drug-likeness (QED) is 0.609. The number of nitrogens with zero attached hydrogens (tertiary/aromatic N) is 6. The lowest BCUT2D eigenvalue weighted by molar-refractivity contribution is -0.116. The molecule has 1 aromatic carbocycles. The molecule has 1 N–H and O–H groups in total. The molecule has 1 aliphatic heterocycles. The number of nitrogens with one attached hydrogen (secondary N) is 1. The molecule has 4 rings (SSSR count). The molecule has 0 saturated carbocycles. The number of aryl methyl sites for hydroxylation is 2. The highest BCUT2D eigenvalue weighted by Gasteiger charge is 2.17. The molecule has 2 aromatic heterocycles. The van der Waals surface area contributed by atoms with Gasteiger partial charge in [0.2, 0.25) is 5.91 Å². The van der Waals surface area contributed by atoms with Crippen LogP contribution < -0.4 is 16.6 Å². The van der Waals surface area contributed by atoms with Gasteiger partial charge in [-0.15, -0.1) is 0 Å². The number of hydrogen-bond donors (Lipinski definition) is 1. The fourth-order valence-corrected chi connectivity index (χ4v) is 3.89. The Labute approximate surface area is 179 Å². The zero-order valence-corrected chi connectivity index (χ0v) is 18.0. The third-order valence-corrected chi connectivity index (χ3v) is 5.72. The van der Waals surface area contributed by atoms with Gasteiger partial charge in [0.1, 0.15) is 6.54 Å². The fourth-order valence-electron chi connectivity index (χ4n) is 3.89. The standard InChI is InChI=1S/C21H27N7O3/c1-24-7-9-27(10-8-24)12-15-5-4-6-16(11-15)23-17(29)13-28-20(30)18-19(22-14-25(18)2)26(3)21(28)31/h4-6,11,14H,7-10,12-13H2,1-3H3,(H,23,29). The minimum atomic E-state index is -0.574. The SMILES string of the molecule is CN1CCN(Cc2cccc(NC(=O)Cn3c(=O)c4c(ncn4C)n(C)c3=O)c2)CC1. The molecular formula is C21H27N7O3. The number of likely N-dealkylation sites (N-methyl/N-ethyl adjacent to an activating group) is 1. The molecule has 0 spiro atoms. The third kappa shape index (κ3) is 4.30. The number of piperazine rings is 1. The third-order valence-electron chi connectivity index (χ3n) is 5.72. The Morgan fingerprint density at radius 3 is 2.58 bits per heavy atom. The molecule has 3 aromatic rings. The van der Waals surface area contributed by atoms with Gasteiger partial charge in [-0.2, -0.15) is 0 Å². The Morgan fingerprint density at radius 1 is 1.10 bits per heavy atom. The van der Waals surface area contributed by atoms with E-state index in [0.717, 1.165) is 42.9 Å². The van der Waals surface area contributed by atoms with Crippen molar-refractivity contribution >= 4 is 22.8 Å². The molecule has 1 saturated heterocycles. The van der Waals surface area contributed by atoms with Gasteiger partial charge in [-0.25, -0.2) is 14.3 Å². The molecule has 0 aliphatic carbocycles. The largest absolute Gasteiger partial charge is 0.332 e. The monoisotopic (exact) mass is 425 g/mol. The lowest BCUT2D eigenvalue weighted by Gasteiger charge is -2.32. The van der Waals surface area contributed by atoms with Gasteiger partial charge in [0.05, 0.1) is 6.33 Å². The van der Waals surface area contributed by atoms with E-state index in [1.54, 1.807) is 17.7 Å². The second kappa shape index (κ2) is 8.48. The lowest BCUT2D eigenvalue weighted by atomic mass is 10.1. The van der Waals surface area contributed by atoms with Gasteiger partial charge < -0.3 is 14.8 Å². The molecule has 0 radical (unpaired) electrons. The number of carbonyl (C=O) groups is 1. The predicted octanol–water partition coefficient (Wildman–Crippen LogP) is -0.180. The number of carbonyl (C=O) groups excluding carboxylic acids is 1. The van der Waals surface area contributed by atoms with E-state index in [2.05, 4.69) is 27.1 Å². The zero-order valence-electron chi connectivity index (χ0n) is 18.0. The minimum absolute atomic E-state index is 0.282. The molecule has 1 aliphatic rings. The zero-order chi connectivity index (χ0) is 22.1. The second-order valence-corrected chi connectivity index (χ2v) is 8.09. The van der Waals surface area contributed by atoms with Gasteiger partial charge >= 0.3 is 5.69 Å². The number of hydrogen-bond acceptors (Lipinski definition) is 6. The van der Waals surface area contributed by atoms with Crippen molar-refractivity contribution in [2.24, 2.45) is 14.1 Å². The summed E-state index contributed by atoms with van der Waals surface area (Å²) < 4.78 is 3.77. The number of amides is 1. The molecule has 10 heteroatoms. The summed E-state index contributed by atoms with van der Waals surface area (Å²) in [6.07, 6.45) is 1.47. The average molecular weight is 425 g/mol. The fraction of sp³-hybridized carbons (Fsp3) is 0.429. The molecule has 10 nitrogen and oxygen atoms in total. The summed E-state index contributed by atoms with van der Waals surface area (Å²) in [7, 11) is 5.34. The number of imidazole rings is 1. The predicted molar refractivity (Wildman–Crippen MR) is 118 cm³/mol. The molecule has 0 bridgehead atoms. The van der Waals surface area contributed by atoms with Gasteiger partial charge in [-0.3, -0.25) is 19.1 Å². The Balaban J connectivity index is 1.49. The summed E-state index contributed by atoms with van der Waals surface area (Å²) in [5.41, 5.74) is 1.22. The topological polar surface area (TPSA) is 97.4 Å². The van der Waals surface area contributed by atoms with E-state index in [1.165, 1.54) is 17.9 Å². The van der Waals surface area contributed by atoms with Crippen molar-refractivity contribution in [3.05, 3.63) is 57.0 Å². The highest BCUT2D eigenvalue weighted by molar-refractivity contribution is 5.90. The van der Waals surface area contributed by atoms with Gasteiger partial charge in [0, 0.05) is 52.5 Å². The first kappa shape index (κ1) is 21.0. The van der Waals surface area contributed by atoms with Crippen molar-refractivity contribution in [1.29, 1.82) is 0 Å². The van der Waals surface area contributed by atoms with E-state index >= 15 is 0 Å². The summed E-state index contributed by atoms with van der Waals surface area (Å²) >= 11 is 0. The lowest BCUT2D eigenvalue weighted by Crippen LogP contribution is -2.43. The Kier molecular flexibility index (Phi) is 5.75. The molecule has 0 atom stereocenters. The summed E-state index contributed by atoms with van der Waals surface area (Å²) in [6.45, 7) is 4.55. The maximum absolute atomic E-state index is 12.8. The van der Waals surface area contributed by atoms with Crippen LogP contribution in [-0.4, -0.2) is 67.6 Å². The Morgan fingerprint density at radius 2 is 1.84 bits per heavy atom. The summed E-state index contributed by atoms with van der Waals surface area (Å²) in [5.74, 6) is -0.433. The molecular weight excluding hydrogens is 398 g/mol. The van der Waals surface area contributed by atoms with Crippen LogP contribution in [0.3, 0.4) is 0 Å². The van der Waals surface area contributed by atoms with E-state index < -0.39 is 17.2 Å². The molecule has 164 valence electrons. The van der Waals surface area contributed by atoms with Crippen LogP contribution in [-0.2, 0) is 32.0 Å². The summed E-state index contributed by atoms with van der Waals surface area (Å²) in [4.78, 5) is 46.8. The number of benzene rings is 1. The minimum Gasteiger partial charge on any atom is -0.328 e. The Hall–Kier alpha value is -3.24. The summed E-state index contributed by atoms with van der Waals surface area (Å²) in [6, 6.07) is 7.66. The number of fused-ring (bicyclic) bond motifs is 1. The average Bonchev–Trinajstić information content (AvgIpc) is 3.13. The highest BCUT2D eigenvalue weighted by atomic mass is 16.2. The molecule has 3 heterocycles. The van der Waals surface area contributed by atoms with Crippen molar-refractivity contribution in [3.8, 4) is 0 Å². The first-order valence-electron chi connectivity index (χ1n) is 10.2. The van der Waals surface area contributed by atoms with E-state index in [-0.39, 0.29) is 12.1 Å². The Bertz CT molecular complexity index is 1230. The number of aromatic nitrogens is 4. The van der Waals surface area contributed by atoms with Crippen molar-refractivity contribution in [1.82, 2.24) is 28.5 Å². The maximum atomic E-state index is 12.8. The second-order valence-electron chi connectivity index (χ2n) is 8.09. The van der Waals surface area contributed by atoms with E-state index in [9.17, 15) is 14.4 Å². The van der Waals surface area contributed by atoms with Crippen LogP contribution in [0.15, 0.2) is 40.2 Å².